The molecule has 2 aliphatic rings. The fourth-order valence-corrected chi connectivity index (χ4v) is 3.76. The lowest BCUT2D eigenvalue weighted by atomic mass is 9.74. The van der Waals surface area contributed by atoms with E-state index in [0.717, 1.165) is 23.3 Å². The largest absolute Gasteiger partial charge is 0.493 e. The van der Waals surface area contributed by atoms with Crippen molar-refractivity contribution in [2.24, 2.45) is 5.92 Å². The van der Waals surface area contributed by atoms with Crippen molar-refractivity contribution < 1.29 is 14.6 Å². The van der Waals surface area contributed by atoms with Gasteiger partial charge in [-0.2, -0.15) is 0 Å². The van der Waals surface area contributed by atoms with Crippen molar-refractivity contribution in [1.82, 2.24) is 10.3 Å². The highest BCUT2D eigenvalue weighted by Gasteiger charge is 2.36. The normalized spacial score (nSPS) is 22.1. The summed E-state index contributed by atoms with van der Waals surface area (Å²) >= 11 is 5.82. The lowest BCUT2D eigenvalue weighted by Gasteiger charge is -2.38. The van der Waals surface area contributed by atoms with Crippen molar-refractivity contribution in [2.45, 2.75) is 31.4 Å². The Balaban J connectivity index is 1.60. The number of rotatable bonds is 4. The van der Waals surface area contributed by atoms with Crippen molar-refractivity contribution in [3.63, 3.8) is 0 Å². The highest BCUT2D eigenvalue weighted by atomic mass is 35.5. The first-order chi connectivity index (χ1) is 12.5. The Morgan fingerprint density at radius 1 is 1.35 bits per heavy atom. The van der Waals surface area contributed by atoms with E-state index in [2.05, 4.69) is 16.4 Å². The van der Waals surface area contributed by atoms with Crippen LogP contribution in [0.4, 0.5) is 0 Å². The summed E-state index contributed by atoms with van der Waals surface area (Å²) in [6.45, 7) is 0.674. The van der Waals surface area contributed by atoms with E-state index >= 15 is 0 Å². The first-order valence-electron chi connectivity index (χ1n) is 8.64. The third-order valence-electron chi connectivity index (χ3n) is 5.10. The van der Waals surface area contributed by atoms with Gasteiger partial charge in [-0.1, -0.05) is 17.7 Å². The van der Waals surface area contributed by atoms with Crippen LogP contribution in [0.3, 0.4) is 0 Å². The highest BCUT2D eigenvalue weighted by Crippen LogP contribution is 2.40. The minimum atomic E-state index is -0.430. The highest BCUT2D eigenvalue weighted by molar-refractivity contribution is 6.30. The van der Waals surface area contributed by atoms with E-state index in [1.807, 2.05) is 12.1 Å². The molecule has 0 unspecified atom stereocenters. The van der Waals surface area contributed by atoms with Crippen molar-refractivity contribution in [1.29, 1.82) is 0 Å². The average molecular weight is 375 g/mol. The molecule has 0 bridgehead atoms. The number of amides is 1. The van der Waals surface area contributed by atoms with Gasteiger partial charge in [0, 0.05) is 12.6 Å². The number of hydrogen-bond donors (Lipinski definition) is 3. The van der Waals surface area contributed by atoms with Gasteiger partial charge < -0.3 is 20.1 Å². The molecule has 1 amide bonds. The third kappa shape index (κ3) is 3.22. The molecule has 1 aromatic heterocycles. The van der Waals surface area contributed by atoms with E-state index in [0.29, 0.717) is 25.0 Å². The lowest BCUT2D eigenvalue weighted by molar-refractivity contribution is 0.0235. The van der Waals surface area contributed by atoms with Gasteiger partial charge in [-0.15, -0.1) is 0 Å². The molecule has 6 nitrogen and oxygen atoms in total. The number of carbonyl (C=O) groups excluding carboxylic acids is 1. The molecule has 4 rings (SSSR count). The van der Waals surface area contributed by atoms with Crippen LogP contribution >= 0.6 is 11.6 Å². The number of ether oxygens (including phenoxy) is 1. The number of fused-ring (bicyclic) bond motifs is 1. The van der Waals surface area contributed by atoms with Crippen LogP contribution in [0.25, 0.3) is 0 Å². The van der Waals surface area contributed by atoms with Crippen molar-refractivity contribution in [3.8, 4) is 5.75 Å². The van der Waals surface area contributed by atoms with E-state index in [1.165, 1.54) is 12.3 Å². The molecule has 1 fully saturated rings. The van der Waals surface area contributed by atoms with Gasteiger partial charge in [0.05, 0.1) is 24.3 Å². The smallest absolute Gasteiger partial charge is 0.266 e. The van der Waals surface area contributed by atoms with Crippen LogP contribution < -0.4 is 15.6 Å². The van der Waals surface area contributed by atoms with Crippen LogP contribution in [0.1, 0.15) is 40.4 Å². The van der Waals surface area contributed by atoms with Crippen LogP contribution in [0.5, 0.6) is 5.75 Å². The van der Waals surface area contributed by atoms with Crippen LogP contribution in [-0.4, -0.2) is 28.7 Å². The van der Waals surface area contributed by atoms with Crippen molar-refractivity contribution >= 4 is 17.5 Å². The predicted molar refractivity (Wildman–Crippen MR) is 96.7 cm³/mol. The zero-order chi connectivity index (χ0) is 18.3. The van der Waals surface area contributed by atoms with E-state index in [9.17, 15) is 14.7 Å². The Bertz CT molecular complexity index is 905. The minimum Gasteiger partial charge on any atom is -0.493 e. The molecule has 1 aliphatic heterocycles. The minimum absolute atomic E-state index is 0.0251. The maximum absolute atomic E-state index is 12.7. The molecular weight excluding hydrogens is 356 g/mol. The zero-order valence-electron chi connectivity index (χ0n) is 14.0. The standard InChI is InChI=1S/C19H19ClN2O4/c20-15-8-13(9-21-19(15)25)18(24)22-17(12-6-14(23)7-12)11-1-2-16-10(5-11)3-4-26-16/h1-2,5,8-9,12,14,17,23H,3-4,6-7H2,(H,21,25)(H,22,24)/t12?,14?,17-/m1/s1. The summed E-state index contributed by atoms with van der Waals surface area (Å²) in [5, 5.41) is 12.7. The predicted octanol–water partition coefficient (Wildman–Crippen LogP) is 2.21. The second-order valence-corrected chi connectivity index (χ2v) is 7.27. The second kappa shape index (κ2) is 6.78. The maximum atomic E-state index is 12.7. The topological polar surface area (TPSA) is 91.4 Å². The van der Waals surface area contributed by atoms with Gasteiger partial charge in [-0.3, -0.25) is 9.59 Å². The summed E-state index contributed by atoms with van der Waals surface area (Å²) in [5.74, 6) is 0.735. The van der Waals surface area contributed by atoms with Gasteiger partial charge in [-0.25, -0.2) is 0 Å². The van der Waals surface area contributed by atoms with Crippen molar-refractivity contribution in [3.05, 3.63) is 62.5 Å². The van der Waals surface area contributed by atoms with Crippen molar-refractivity contribution in [2.75, 3.05) is 6.61 Å². The van der Waals surface area contributed by atoms with Gasteiger partial charge in [0.15, 0.2) is 0 Å². The molecule has 26 heavy (non-hydrogen) atoms. The quantitative estimate of drug-likeness (QED) is 0.765. The molecule has 1 atom stereocenters. The number of aliphatic hydroxyl groups is 1. The number of aromatic amines is 1. The summed E-state index contributed by atoms with van der Waals surface area (Å²) in [4.78, 5) is 26.5. The molecule has 2 aromatic rings. The number of aliphatic hydroxyl groups excluding tert-OH is 1. The van der Waals surface area contributed by atoms with E-state index in [-0.39, 0.29) is 29.0 Å². The summed E-state index contributed by atoms with van der Waals surface area (Å²) in [6, 6.07) is 7.10. The molecular formula is C19H19ClN2O4. The van der Waals surface area contributed by atoms with E-state index in [1.54, 1.807) is 0 Å². The third-order valence-corrected chi connectivity index (χ3v) is 5.38. The Kier molecular flexibility index (Phi) is 4.46. The number of hydrogen-bond acceptors (Lipinski definition) is 4. The summed E-state index contributed by atoms with van der Waals surface area (Å²) in [6.07, 6.45) is 3.18. The van der Waals surface area contributed by atoms with Gasteiger partial charge >= 0.3 is 0 Å². The lowest BCUT2D eigenvalue weighted by Crippen LogP contribution is -2.41. The average Bonchev–Trinajstić information content (AvgIpc) is 3.07. The van der Waals surface area contributed by atoms with Gasteiger partial charge in [0.25, 0.3) is 11.5 Å². The van der Waals surface area contributed by atoms with Crippen LogP contribution in [0.15, 0.2) is 35.3 Å². The number of nitrogens with one attached hydrogen (secondary N) is 2. The fourth-order valence-electron chi connectivity index (χ4n) is 3.59. The first-order valence-corrected chi connectivity index (χ1v) is 9.02. The number of benzene rings is 1. The van der Waals surface area contributed by atoms with E-state index in [4.69, 9.17) is 16.3 Å². The number of carbonyl (C=O) groups is 1. The molecule has 0 radical (unpaired) electrons. The fraction of sp³-hybridized carbons (Fsp3) is 0.368. The Morgan fingerprint density at radius 2 is 2.15 bits per heavy atom. The number of aromatic nitrogens is 1. The summed E-state index contributed by atoms with van der Waals surface area (Å²) < 4.78 is 5.55. The molecule has 2 heterocycles. The first kappa shape index (κ1) is 17.1. The van der Waals surface area contributed by atoms with Crippen LogP contribution in [0.2, 0.25) is 5.02 Å². The summed E-state index contributed by atoms with van der Waals surface area (Å²) in [5.41, 5.74) is 1.99. The molecule has 0 saturated heterocycles. The van der Waals surface area contributed by atoms with E-state index < -0.39 is 5.56 Å². The molecule has 0 spiro atoms. The Morgan fingerprint density at radius 3 is 2.88 bits per heavy atom. The monoisotopic (exact) mass is 374 g/mol. The maximum Gasteiger partial charge on any atom is 0.266 e. The second-order valence-electron chi connectivity index (χ2n) is 6.87. The van der Waals surface area contributed by atoms with Gasteiger partial charge in [0.1, 0.15) is 10.8 Å². The van der Waals surface area contributed by atoms with Crippen LogP contribution in [0, 0.1) is 5.92 Å². The van der Waals surface area contributed by atoms with Gasteiger partial charge in [-0.05, 0) is 48.1 Å². The van der Waals surface area contributed by atoms with Gasteiger partial charge in [0.2, 0.25) is 0 Å². The Hall–Kier alpha value is -2.31. The molecule has 3 N–H and O–H groups in total. The molecule has 1 saturated carbocycles. The SMILES string of the molecule is O=C(N[C@H](c1ccc2c(c1)CCO2)C1CC(O)C1)c1c[nH]c(=O)c(Cl)c1. The molecule has 1 aliphatic carbocycles. The summed E-state index contributed by atoms with van der Waals surface area (Å²) in [7, 11) is 0. The molecule has 7 heteroatoms. The molecule has 1 aromatic carbocycles. The number of pyridine rings is 1. The zero-order valence-corrected chi connectivity index (χ0v) is 14.8. The Labute approximate surface area is 155 Å². The molecule has 136 valence electrons. The number of halogens is 1. The van der Waals surface area contributed by atoms with Crippen LogP contribution in [-0.2, 0) is 6.42 Å². The number of H-pyrrole nitrogens is 1.